The van der Waals surface area contributed by atoms with Crippen molar-refractivity contribution in [1.29, 1.82) is 0 Å². The normalized spacial score (nSPS) is 20.0. The molecule has 3 rings (SSSR count). The molecule has 27 heavy (non-hydrogen) atoms. The lowest BCUT2D eigenvalue weighted by Crippen LogP contribution is -2.41. The predicted molar refractivity (Wildman–Crippen MR) is 97.4 cm³/mol. The van der Waals surface area contributed by atoms with Crippen LogP contribution in [-0.4, -0.2) is 73.6 Å². The van der Waals surface area contributed by atoms with Gasteiger partial charge in [-0.3, -0.25) is 14.5 Å². The summed E-state index contributed by atoms with van der Waals surface area (Å²) < 4.78 is 10.3. The number of morpholine rings is 1. The van der Waals surface area contributed by atoms with Gasteiger partial charge in [0.05, 0.1) is 20.3 Å². The Morgan fingerprint density at radius 2 is 1.93 bits per heavy atom. The largest absolute Gasteiger partial charge is 0.497 e. The molecule has 0 aromatic heterocycles. The summed E-state index contributed by atoms with van der Waals surface area (Å²) in [5.41, 5.74) is 1.02. The molecule has 2 saturated heterocycles. The average Bonchev–Trinajstić information content (AvgIpc) is 2.98. The van der Waals surface area contributed by atoms with Crippen molar-refractivity contribution in [1.82, 2.24) is 15.1 Å². The first kappa shape index (κ1) is 19.2. The Hall–Kier alpha value is -2.61. The van der Waals surface area contributed by atoms with Crippen LogP contribution in [0.25, 0.3) is 0 Å². The van der Waals surface area contributed by atoms with Crippen molar-refractivity contribution in [2.45, 2.75) is 25.3 Å². The van der Waals surface area contributed by atoms with Gasteiger partial charge in [-0.05, 0) is 30.5 Å². The number of imide groups is 1. The van der Waals surface area contributed by atoms with Crippen molar-refractivity contribution in [3.63, 3.8) is 0 Å². The fraction of sp³-hybridized carbons (Fsp3) is 0.526. The lowest BCUT2D eigenvalue weighted by atomic mass is 10.1. The summed E-state index contributed by atoms with van der Waals surface area (Å²) in [6.45, 7) is 2.56. The third kappa shape index (κ3) is 4.77. The number of methoxy groups -OCH3 is 1. The van der Waals surface area contributed by atoms with Crippen LogP contribution in [0, 0.1) is 0 Å². The number of hydrogen-bond donors (Lipinski definition) is 1. The van der Waals surface area contributed by atoms with Crippen molar-refractivity contribution in [2.24, 2.45) is 0 Å². The Kier molecular flexibility index (Phi) is 6.28. The van der Waals surface area contributed by atoms with Crippen LogP contribution in [0.4, 0.5) is 4.79 Å². The molecule has 0 bridgehead atoms. The maximum Gasteiger partial charge on any atom is 0.324 e. The maximum absolute atomic E-state index is 12.5. The van der Waals surface area contributed by atoms with Gasteiger partial charge in [0.1, 0.15) is 11.8 Å². The molecule has 2 aliphatic rings. The quantitative estimate of drug-likeness (QED) is 0.712. The molecular weight excluding hydrogens is 350 g/mol. The summed E-state index contributed by atoms with van der Waals surface area (Å²) in [4.78, 5) is 39.8. The summed E-state index contributed by atoms with van der Waals surface area (Å²) in [7, 11) is 1.60. The molecule has 146 valence electrons. The minimum atomic E-state index is -0.627. The zero-order valence-corrected chi connectivity index (χ0v) is 15.5. The van der Waals surface area contributed by atoms with Crippen molar-refractivity contribution in [3.8, 4) is 5.75 Å². The van der Waals surface area contributed by atoms with Gasteiger partial charge in [-0.25, -0.2) is 4.79 Å². The molecule has 8 nitrogen and oxygen atoms in total. The van der Waals surface area contributed by atoms with Crippen LogP contribution in [0.15, 0.2) is 24.3 Å². The third-order valence-electron chi connectivity index (χ3n) is 4.90. The highest BCUT2D eigenvalue weighted by Crippen LogP contribution is 2.15. The van der Waals surface area contributed by atoms with Gasteiger partial charge in [-0.1, -0.05) is 12.1 Å². The minimum Gasteiger partial charge on any atom is -0.497 e. The molecule has 1 atom stereocenters. The highest BCUT2D eigenvalue weighted by Gasteiger charge is 2.37. The number of nitrogens with zero attached hydrogens (tertiary/aromatic N) is 2. The molecule has 2 aliphatic heterocycles. The summed E-state index contributed by atoms with van der Waals surface area (Å²) in [5.74, 6) is 0.499. The van der Waals surface area contributed by atoms with Crippen molar-refractivity contribution < 1.29 is 23.9 Å². The van der Waals surface area contributed by atoms with Crippen LogP contribution in [0.5, 0.6) is 5.75 Å². The fourth-order valence-corrected chi connectivity index (χ4v) is 3.26. The highest BCUT2D eigenvalue weighted by molar-refractivity contribution is 6.04. The summed E-state index contributed by atoms with van der Waals surface area (Å²) in [6, 6.07) is 6.50. The monoisotopic (exact) mass is 375 g/mol. The summed E-state index contributed by atoms with van der Waals surface area (Å²) >= 11 is 0. The van der Waals surface area contributed by atoms with E-state index in [2.05, 4.69) is 5.32 Å². The molecule has 0 saturated carbocycles. The number of hydrogen-bond acceptors (Lipinski definition) is 5. The van der Waals surface area contributed by atoms with E-state index in [4.69, 9.17) is 9.47 Å². The van der Waals surface area contributed by atoms with Gasteiger partial charge in [-0.15, -0.1) is 0 Å². The predicted octanol–water partition coefficient (Wildman–Crippen LogP) is 0.797. The number of amides is 4. The molecule has 2 fully saturated rings. The molecule has 0 unspecified atom stereocenters. The van der Waals surface area contributed by atoms with Gasteiger partial charge in [-0.2, -0.15) is 0 Å². The SMILES string of the molecule is COc1ccc(CCN2C(=O)N[C@@H](CCC(=O)N3CCOCC3)C2=O)cc1. The molecule has 0 spiro atoms. The summed E-state index contributed by atoms with van der Waals surface area (Å²) in [5, 5.41) is 2.69. The first-order chi connectivity index (χ1) is 13.1. The third-order valence-corrected chi connectivity index (χ3v) is 4.90. The smallest absolute Gasteiger partial charge is 0.324 e. The lowest BCUT2D eigenvalue weighted by Gasteiger charge is -2.27. The van der Waals surface area contributed by atoms with Crippen LogP contribution < -0.4 is 10.1 Å². The fourth-order valence-electron chi connectivity index (χ4n) is 3.26. The highest BCUT2D eigenvalue weighted by atomic mass is 16.5. The van der Waals surface area contributed by atoms with Gasteiger partial charge >= 0.3 is 6.03 Å². The van der Waals surface area contributed by atoms with Crippen LogP contribution in [0.1, 0.15) is 18.4 Å². The van der Waals surface area contributed by atoms with Gasteiger partial charge in [0.15, 0.2) is 0 Å². The molecule has 4 amide bonds. The molecule has 1 N–H and O–H groups in total. The first-order valence-corrected chi connectivity index (χ1v) is 9.19. The van der Waals surface area contributed by atoms with E-state index >= 15 is 0 Å². The summed E-state index contributed by atoms with van der Waals surface area (Å²) in [6.07, 6.45) is 1.13. The van der Waals surface area contributed by atoms with E-state index in [0.717, 1.165) is 11.3 Å². The van der Waals surface area contributed by atoms with Crippen LogP contribution >= 0.6 is 0 Å². The van der Waals surface area contributed by atoms with Crippen LogP contribution in [-0.2, 0) is 20.7 Å². The number of ether oxygens (including phenoxy) is 2. The van der Waals surface area contributed by atoms with Gasteiger partial charge < -0.3 is 19.7 Å². The number of carbonyl (C=O) groups excluding carboxylic acids is 3. The van der Waals surface area contributed by atoms with Gasteiger partial charge in [0.2, 0.25) is 5.91 Å². The van der Waals surface area contributed by atoms with E-state index in [-0.39, 0.29) is 18.2 Å². The Morgan fingerprint density at radius 3 is 2.59 bits per heavy atom. The number of carbonyl (C=O) groups is 3. The van der Waals surface area contributed by atoms with Crippen molar-refractivity contribution >= 4 is 17.8 Å². The molecule has 8 heteroatoms. The number of nitrogens with one attached hydrogen (secondary N) is 1. The second-order valence-corrected chi connectivity index (χ2v) is 6.62. The second kappa shape index (κ2) is 8.85. The van der Waals surface area contributed by atoms with E-state index in [1.165, 1.54) is 4.90 Å². The minimum absolute atomic E-state index is 0.00275. The Labute approximate surface area is 158 Å². The van der Waals surface area contributed by atoms with Crippen molar-refractivity contribution in [2.75, 3.05) is 40.0 Å². The zero-order valence-electron chi connectivity index (χ0n) is 15.5. The molecule has 1 aromatic carbocycles. The topological polar surface area (TPSA) is 88.2 Å². The van der Waals surface area contributed by atoms with Gasteiger partial charge in [0.25, 0.3) is 5.91 Å². The zero-order chi connectivity index (χ0) is 19.2. The van der Waals surface area contributed by atoms with E-state index in [1.54, 1.807) is 12.0 Å². The first-order valence-electron chi connectivity index (χ1n) is 9.19. The van der Waals surface area contributed by atoms with E-state index in [0.29, 0.717) is 45.7 Å². The number of rotatable bonds is 7. The standard InChI is InChI=1S/C19H25N3O5/c1-26-15-4-2-14(3-5-15)8-9-22-18(24)16(20-19(22)25)6-7-17(23)21-10-12-27-13-11-21/h2-5,16H,6-13H2,1H3,(H,20,25)/t16-/m0/s1. The van der Waals surface area contributed by atoms with Crippen molar-refractivity contribution in [3.05, 3.63) is 29.8 Å². The Morgan fingerprint density at radius 1 is 1.22 bits per heavy atom. The maximum atomic E-state index is 12.5. The van der Waals surface area contributed by atoms with Crippen LogP contribution in [0.3, 0.4) is 0 Å². The second-order valence-electron chi connectivity index (χ2n) is 6.62. The number of urea groups is 1. The van der Waals surface area contributed by atoms with Gasteiger partial charge in [0, 0.05) is 26.1 Å². The van der Waals surface area contributed by atoms with E-state index in [1.807, 2.05) is 24.3 Å². The Bertz CT molecular complexity index is 685. The number of benzene rings is 1. The van der Waals surface area contributed by atoms with E-state index < -0.39 is 12.1 Å². The van der Waals surface area contributed by atoms with Crippen LogP contribution in [0.2, 0.25) is 0 Å². The Balaban J connectivity index is 1.47. The molecular formula is C19H25N3O5. The molecule has 1 aromatic rings. The lowest BCUT2D eigenvalue weighted by molar-refractivity contribution is -0.135. The molecule has 0 aliphatic carbocycles. The average molecular weight is 375 g/mol. The van der Waals surface area contributed by atoms with E-state index in [9.17, 15) is 14.4 Å². The molecule has 2 heterocycles. The molecule has 0 radical (unpaired) electrons.